The number of hydrogen-bond donors (Lipinski definition) is 1. The third kappa shape index (κ3) is 4.26. The molecule has 0 bridgehead atoms. The topological polar surface area (TPSA) is 73.5 Å². The van der Waals surface area contributed by atoms with Crippen molar-refractivity contribution in [2.24, 2.45) is 5.92 Å². The predicted octanol–water partition coefficient (Wildman–Crippen LogP) is 5.37. The number of benzene rings is 3. The van der Waals surface area contributed by atoms with Gasteiger partial charge in [-0.25, -0.2) is 9.59 Å². The average Bonchev–Trinajstić information content (AvgIpc) is 3.04. The lowest BCUT2D eigenvalue weighted by Crippen LogP contribution is -2.23. The van der Waals surface area contributed by atoms with E-state index in [0.717, 1.165) is 23.4 Å². The standard InChI is InChI=1S/C26H23ClN2O4/c27-20-7-12-23-24(14-20)29(21-8-10-22(11-9-21)33-16-17-3-1-4-17)26(32)28(23)15-18-5-2-6-19(13-18)25(30)31/h2,5-14,17H,1,3-4,15-16H2,(H,30,31). The van der Waals surface area contributed by atoms with Gasteiger partial charge in [-0.15, -0.1) is 0 Å². The Morgan fingerprint density at radius 3 is 2.52 bits per heavy atom. The van der Waals surface area contributed by atoms with Crippen LogP contribution in [0.5, 0.6) is 5.75 Å². The molecule has 0 spiro atoms. The van der Waals surface area contributed by atoms with Gasteiger partial charge in [-0.05, 0) is 78.9 Å². The van der Waals surface area contributed by atoms with Gasteiger partial charge in [-0.2, -0.15) is 0 Å². The molecule has 0 atom stereocenters. The number of carbonyl (C=O) groups is 1. The Labute approximate surface area is 195 Å². The first kappa shape index (κ1) is 21.3. The van der Waals surface area contributed by atoms with E-state index in [0.29, 0.717) is 22.1 Å². The maximum atomic E-state index is 13.5. The average molecular weight is 463 g/mol. The largest absolute Gasteiger partial charge is 0.493 e. The molecular weight excluding hydrogens is 440 g/mol. The second kappa shape index (κ2) is 8.79. The number of hydrogen-bond acceptors (Lipinski definition) is 3. The number of halogens is 1. The van der Waals surface area contributed by atoms with Gasteiger partial charge < -0.3 is 9.84 Å². The van der Waals surface area contributed by atoms with Crippen molar-refractivity contribution in [1.82, 2.24) is 9.13 Å². The van der Waals surface area contributed by atoms with Crippen molar-refractivity contribution in [3.8, 4) is 11.4 Å². The first-order valence-electron chi connectivity index (χ1n) is 11.0. The summed E-state index contributed by atoms with van der Waals surface area (Å²) in [6.07, 6.45) is 3.73. The van der Waals surface area contributed by atoms with E-state index in [2.05, 4.69) is 0 Å². The van der Waals surface area contributed by atoms with E-state index < -0.39 is 5.97 Å². The molecule has 1 N–H and O–H groups in total. The van der Waals surface area contributed by atoms with Gasteiger partial charge in [0.25, 0.3) is 0 Å². The summed E-state index contributed by atoms with van der Waals surface area (Å²) in [6, 6.07) is 19.4. The van der Waals surface area contributed by atoms with Gasteiger partial charge in [0.2, 0.25) is 0 Å². The third-order valence-electron chi connectivity index (χ3n) is 6.21. The van der Waals surface area contributed by atoms with Crippen LogP contribution in [0.3, 0.4) is 0 Å². The van der Waals surface area contributed by atoms with Gasteiger partial charge in [0, 0.05) is 5.02 Å². The van der Waals surface area contributed by atoms with Crippen LogP contribution in [0.1, 0.15) is 35.2 Å². The highest BCUT2D eigenvalue weighted by Gasteiger charge is 2.19. The van der Waals surface area contributed by atoms with Gasteiger partial charge >= 0.3 is 11.7 Å². The van der Waals surface area contributed by atoms with E-state index in [-0.39, 0.29) is 17.8 Å². The Morgan fingerprint density at radius 1 is 1.03 bits per heavy atom. The maximum absolute atomic E-state index is 13.5. The summed E-state index contributed by atoms with van der Waals surface area (Å²) in [5.41, 5.74) is 2.80. The number of carboxylic acid groups (broad SMARTS) is 1. The Balaban J connectivity index is 1.52. The number of aromatic carboxylic acids is 1. The summed E-state index contributed by atoms with van der Waals surface area (Å²) < 4.78 is 9.15. The van der Waals surface area contributed by atoms with Crippen LogP contribution in [0, 0.1) is 5.92 Å². The molecule has 0 amide bonds. The fourth-order valence-electron chi connectivity index (χ4n) is 4.18. The molecule has 0 radical (unpaired) electrons. The fourth-order valence-corrected chi connectivity index (χ4v) is 4.35. The molecule has 6 nitrogen and oxygen atoms in total. The van der Waals surface area contributed by atoms with E-state index in [9.17, 15) is 14.7 Å². The first-order valence-corrected chi connectivity index (χ1v) is 11.3. The maximum Gasteiger partial charge on any atom is 0.335 e. The summed E-state index contributed by atoms with van der Waals surface area (Å²) in [7, 11) is 0. The molecule has 168 valence electrons. The number of ether oxygens (including phenoxy) is 1. The minimum absolute atomic E-state index is 0.185. The summed E-state index contributed by atoms with van der Waals surface area (Å²) in [5, 5.41) is 9.83. The third-order valence-corrected chi connectivity index (χ3v) is 6.45. The van der Waals surface area contributed by atoms with E-state index in [1.807, 2.05) is 36.4 Å². The highest BCUT2D eigenvalue weighted by Crippen LogP contribution is 2.28. The smallest absolute Gasteiger partial charge is 0.335 e. The summed E-state index contributed by atoms with van der Waals surface area (Å²) in [5.74, 6) is 0.427. The van der Waals surface area contributed by atoms with Crippen molar-refractivity contribution in [3.05, 3.63) is 93.4 Å². The van der Waals surface area contributed by atoms with E-state index >= 15 is 0 Å². The van der Waals surface area contributed by atoms with Crippen LogP contribution < -0.4 is 10.4 Å². The number of aromatic nitrogens is 2. The SMILES string of the molecule is O=C(O)c1cccc(Cn2c(=O)n(-c3ccc(OCC4CCC4)cc3)c3cc(Cl)ccc32)c1. The lowest BCUT2D eigenvalue weighted by molar-refractivity contribution is 0.0696. The Bertz CT molecular complexity index is 1380. The Kier molecular flexibility index (Phi) is 5.68. The summed E-state index contributed by atoms with van der Waals surface area (Å²) in [4.78, 5) is 24.9. The second-order valence-electron chi connectivity index (χ2n) is 8.44. The molecule has 1 aliphatic carbocycles. The summed E-state index contributed by atoms with van der Waals surface area (Å²) in [6.45, 7) is 0.970. The van der Waals surface area contributed by atoms with Gasteiger partial charge in [0.1, 0.15) is 5.75 Å². The van der Waals surface area contributed by atoms with Gasteiger partial charge in [0.05, 0.1) is 35.4 Å². The van der Waals surface area contributed by atoms with Crippen molar-refractivity contribution in [1.29, 1.82) is 0 Å². The van der Waals surface area contributed by atoms with E-state index in [1.54, 1.807) is 33.4 Å². The zero-order valence-corrected chi connectivity index (χ0v) is 18.7. The molecule has 0 aliphatic heterocycles. The van der Waals surface area contributed by atoms with Crippen molar-refractivity contribution >= 4 is 28.6 Å². The van der Waals surface area contributed by atoms with Crippen LogP contribution in [0.15, 0.2) is 71.5 Å². The molecule has 0 saturated heterocycles. The molecule has 3 aromatic carbocycles. The second-order valence-corrected chi connectivity index (χ2v) is 8.88. The lowest BCUT2D eigenvalue weighted by atomic mass is 9.86. The first-order chi connectivity index (χ1) is 16.0. The van der Waals surface area contributed by atoms with Gasteiger partial charge in [-0.3, -0.25) is 9.13 Å². The zero-order chi connectivity index (χ0) is 22.9. The quantitative estimate of drug-likeness (QED) is 0.400. The minimum atomic E-state index is -1.00. The Morgan fingerprint density at radius 2 is 1.82 bits per heavy atom. The number of carboxylic acids is 1. The number of fused-ring (bicyclic) bond motifs is 1. The van der Waals surface area contributed by atoms with Crippen LogP contribution in [0.25, 0.3) is 16.7 Å². The van der Waals surface area contributed by atoms with Gasteiger partial charge in [0.15, 0.2) is 0 Å². The van der Waals surface area contributed by atoms with Crippen LogP contribution in [0.2, 0.25) is 5.02 Å². The fraction of sp³-hybridized carbons (Fsp3) is 0.231. The molecule has 4 aromatic rings. The molecule has 33 heavy (non-hydrogen) atoms. The van der Waals surface area contributed by atoms with Crippen molar-refractivity contribution in [2.75, 3.05) is 6.61 Å². The number of rotatable bonds is 7. The highest BCUT2D eigenvalue weighted by atomic mass is 35.5. The molecular formula is C26H23ClN2O4. The van der Waals surface area contributed by atoms with Crippen LogP contribution >= 0.6 is 11.6 Å². The lowest BCUT2D eigenvalue weighted by Gasteiger charge is -2.25. The van der Waals surface area contributed by atoms with E-state index in [4.69, 9.17) is 16.3 Å². The molecule has 1 aromatic heterocycles. The number of nitrogens with zero attached hydrogens (tertiary/aromatic N) is 2. The molecule has 5 rings (SSSR count). The van der Waals surface area contributed by atoms with Crippen LogP contribution in [-0.4, -0.2) is 26.8 Å². The normalized spacial score (nSPS) is 13.7. The zero-order valence-electron chi connectivity index (χ0n) is 17.9. The Hall–Kier alpha value is -3.51. The molecule has 7 heteroatoms. The van der Waals surface area contributed by atoms with Crippen molar-refractivity contribution in [2.45, 2.75) is 25.8 Å². The highest BCUT2D eigenvalue weighted by molar-refractivity contribution is 6.31. The summed E-state index contributed by atoms with van der Waals surface area (Å²) >= 11 is 6.26. The molecule has 0 unspecified atom stereocenters. The molecule has 1 fully saturated rings. The predicted molar refractivity (Wildman–Crippen MR) is 128 cm³/mol. The molecule has 1 aliphatic rings. The van der Waals surface area contributed by atoms with Crippen molar-refractivity contribution in [3.63, 3.8) is 0 Å². The van der Waals surface area contributed by atoms with E-state index in [1.165, 1.54) is 25.3 Å². The monoisotopic (exact) mass is 462 g/mol. The van der Waals surface area contributed by atoms with Crippen LogP contribution in [-0.2, 0) is 6.54 Å². The molecule has 1 saturated carbocycles. The van der Waals surface area contributed by atoms with Crippen molar-refractivity contribution < 1.29 is 14.6 Å². The number of imidazole rings is 1. The van der Waals surface area contributed by atoms with Gasteiger partial charge in [-0.1, -0.05) is 30.2 Å². The minimum Gasteiger partial charge on any atom is -0.493 e. The van der Waals surface area contributed by atoms with Crippen LogP contribution in [0.4, 0.5) is 0 Å². The molecule has 1 heterocycles.